The fourth-order valence-corrected chi connectivity index (χ4v) is 6.66. The molecule has 3 aromatic rings. The first-order chi connectivity index (χ1) is 17.0. The molecule has 2 aliphatic heterocycles. The number of nitrogens with one attached hydrogen (secondary N) is 1. The lowest BCUT2D eigenvalue weighted by atomic mass is 10.1. The van der Waals surface area contributed by atoms with Crippen molar-refractivity contribution in [3.63, 3.8) is 0 Å². The Balaban J connectivity index is 1.16. The van der Waals surface area contributed by atoms with Gasteiger partial charge in [0.1, 0.15) is 18.9 Å². The summed E-state index contributed by atoms with van der Waals surface area (Å²) in [5.74, 6) is 1.88. The number of aromatic nitrogens is 1. The zero-order valence-corrected chi connectivity index (χ0v) is 21.0. The lowest BCUT2D eigenvalue weighted by Crippen LogP contribution is -2.46. The fraction of sp³-hybridized carbons (Fsp3) is 0.400. The second-order valence-electron chi connectivity index (χ2n) is 9.15. The molecule has 3 aliphatic rings. The van der Waals surface area contributed by atoms with Crippen molar-refractivity contribution in [2.24, 2.45) is 11.8 Å². The molecule has 3 atom stereocenters. The van der Waals surface area contributed by atoms with E-state index in [1.54, 1.807) is 5.38 Å². The number of benzene rings is 1. The Hall–Kier alpha value is -3.11. The Kier molecular flexibility index (Phi) is 5.64. The second-order valence-corrected chi connectivity index (χ2v) is 11.2. The molecule has 1 aromatic carbocycles. The van der Waals surface area contributed by atoms with Crippen LogP contribution in [-0.2, 0) is 0 Å². The van der Waals surface area contributed by atoms with Crippen molar-refractivity contribution in [3.05, 3.63) is 45.9 Å². The SMILES string of the molecule is Cc1cccc(-c2sc(C)nc2C(=O)N2C[C@@H]3C[C@@H]3[C@H]2CNC(=O)Oc2scc3c2OCCO3)c1. The zero-order valence-electron chi connectivity index (χ0n) is 19.4. The molecule has 0 spiro atoms. The number of rotatable bonds is 5. The van der Waals surface area contributed by atoms with Crippen LogP contribution >= 0.6 is 22.7 Å². The third kappa shape index (κ3) is 4.25. The molecule has 4 heterocycles. The van der Waals surface area contributed by atoms with Gasteiger partial charge in [0.2, 0.25) is 10.8 Å². The van der Waals surface area contributed by atoms with E-state index in [0.717, 1.165) is 27.4 Å². The molecule has 2 fully saturated rings. The molecule has 6 rings (SSSR count). The van der Waals surface area contributed by atoms with Gasteiger partial charge in [-0.2, -0.15) is 0 Å². The summed E-state index contributed by atoms with van der Waals surface area (Å²) < 4.78 is 16.6. The van der Waals surface area contributed by atoms with Gasteiger partial charge in [0.25, 0.3) is 5.91 Å². The molecule has 1 saturated heterocycles. The summed E-state index contributed by atoms with van der Waals surface area (Å²) in [6.45, 7) is 5.89. The number of likely N-dealkylation sites (tertiary alicyclic amines) is 1. The molecular formula is C25H25N3O5S2. The van der Waals surface area contributed by atoms with Crippen LogP contribution in [0.25, 0.3) is 10.4 Å². The monoisotopic (exact) mass is 511 g/mol. The molecule has 0 unspecified atom stereocenters. The Morgan fingerprint density at radius 2 is 2.11 bits per heavy atom. The number of hydrogen-bond donors (Lipinski definition) is 1. The van der Waals surface area contributed by atoms with Gasteiger partial charge in [-0.15, -0.1) is 11.3 Å². The first kappa shape index (κ1) is 22.4. The summed E-state index contributed by atoms with van der Waals surface area (Å²) in [5, 5.41) is 5.86. The van der Waals surface area contributed by atoms with Gasteiger partial charge in [-0.3, -0.25) is 4.79 Å². The average Bonchev–Trinajstić information content (AvgIpc) is 3.16. The molecule has 0 bridgehead atoms. The van der Waals surface area contributed by atoms with E-state index in [2.05, 4.69) is 16.4 Å². The van der Waals surface area contributed by atoms with Crippen LogP contribution < -0.4 is 19.5 Å². The highest BCUT2D eigenvalue weighted by atomic mass is 32.1. The largest absolute Gasteiger partial charge is 0.485 e. The Morgan fingerprint density at radius 3 is 2.97 bits per heavy atom. The van der Waals surface area contributed by atoms with E-state index in [-0.39, 0.29) is 11.9 Å². The number of nitrogens with zero attached hydrogens (tertiary/aromatic N) is 2. The highest BCUT2D eigenvalue weighted by Gasteiger charge is 2.54. The fourth-order valence-electron chi connectivity index (χ4n) is 4.97. The molecular weight excluding hydrogens is 486 g/mol. The van der Waals surface area contributed by atoms with Crippen LogP contribution in [-0.4, -0.2) is 54.2 Å². The number of thiazole rings is 1. The lowest BCUT2D eigenvalue weighted by Gasteiger charge is -2.27. The topological polar surface area (TPSA) is 90.0 Å². The number of fused-ring (bicyclic) bond motifs is 2. The van der Waals surface area contributed by atoms with E-state index in [1.165, 1.54) is 22.7 Å². The van der Waals surface area contributed by atoms with Gasteiger partial charge < -0.3 is 24.4 Å². The smallest absolute Gasteiger partial charge is 0.413 e. The van der Waals surface area contributed by atoms with Gasteiger partial charge in [0, 0.05) is 18.5 Å². The molecule has 10 heteroatoms. The summed E-state index contributed by atoms with van der Waals surface area (Å²) in [7, 11) is 0. The number of amides is 2. The van der Waals surface area contributed by atoms with E-state index in [4.69, 9.17) is 14.2 Å². The molecule has 2 aromatic heterocycles. The third-order valence-corrected chi connectivity index (χ3v) is 8.53. The third-order valence-electron chi connectivity index (χ3n) is 6.69. The van der Waals surface area contributed by atoms with Crippen molar-refractivity contribution in [1.82, 2.24) is 15.2 Å². The molecule has 8 nitrogen and oxygen atoms in total. The van der Waals surface area contributed by atoms with Crippen LogP contribution in [0.4, 0.5) is 4.79 Å². The van der Waals surface area contributed by atoms with Crippen LogP contribution in [0, 0.1) is 25.7 Å². The van der Waals surface area contributed by atoms with E-state index in [9.17, 15) is 9.59 Å². The van der Waals surface area contributed by atoms with Gasteiger partial charge in [0.05, 0.1) is 15.9 Å². The average molecular weight is 512 g/mol. The molecule has 35 heavy (non-hydrogen) atoms. The van der Waals surface area contributed by atoms with E-state index in [1.807, 2.05) is 36.9 Å². The number of ether oxygens (including phenoxy) is 3. The first-order valence-corrected chi connectivity index (χ1v) is 13.4. The minimum atomic E-state index is -0.565. The number of carbonyl (C=O) groups is 2. The van der Waals surface area contributed by atoms with Crippen molar-refractivity contribution < 1.29 is 23.8 Å². The number of piperidine rings is 1. The predicted molar refractivity (Wildman–Crippen MR) is 133 cm³/mol. The summed E-state index contributed by atoms with van der Waals surface area (Å²) in [5.41, 5.74) is 2.64. The minimum Gasteiger partial charge on any atom is -0.485 e. The summed E-state index contributed by atoms with van der Waals surface area (Å²) in [4.78, 5) is 33.6. The molecule has 1 N–H and O–H groups in total. The number of carbonyl (C=O) groups excluding carboxylic acids is 2. The highest BCUT2D eigenvalue weighted by molar-refractivity contribution is 7.15. The first-order valence-electron chi connectivity index (χ1n) is 11.7. The summed E-state index contributed by atoms with van der Waals surface area (Å²) in [6, 6.07) is 8.06. The van der Waals surface area contributed by atoms with Gasteiger partial charge in [-0.1, -0.05) is 41.2 Å². The maximum Gasteiger partial charge on any atom is 0.413 e. The Labute approximate surface area is 210 Å². The van der Waals surface area contributed by atoms with Crippen molar-refractivity contribution in [3.8, 4) is 27.0 Å². The van der Waals surface area contributed by atoms with Crippen LogP contribution in [0.5, 0.6) is 16.6 Å². The van der Waals surface area contributed by atoms with Crippen molar-refractivity contribution >= 4 is 34.7 Å². The highest BCUT2D eigenvalue weighted by Crippen LogP contribution is 2.50. The van der Waals surface area contributed by atoms with Gasteiger partial charge in [-0.25, -0.2) is 9.78 Å². The van der Waals surface area contributed by atoms with E-state index in [0.29, 0.717) is 60.4 Å². The number of aryl methyl sites for hydroxylation is 2. The molecule has 0 radical (unpaired) electrons. The number of thiophene rings is 1. The lowest BCUT2D eigenvalue weighted by molar-refractivity contribution is 0.0700. The second kappa shape index (κ2) is 8.83. The molecule has 1 aliphatic carbocycles. The van der Waals surface area contributed by atoms with Crippen LogP contribution in [0.1, 0.15) is 27.5 Å². The summed E-state index contributed by atoms with van der Waals surface area (Å²) in [6.07, 6.45) is 0.514. The quantitative estimate of drug-likeness (QED) is 0.542. The van der Waals surface area contributed by atoms with Crippen molar-refractivity contribution in [2.75, 3.05) is 26.3 Å². The molecule has 2 amide bonds. The van der Waals surface area contributed by atoms with Gasteiger partial charge >= 0.3 is 6.09 Å². The Morgan fingerprint density at radius 1 is 1.26 bits per heavy atom. The molecule has 182 valence electrons. The normalized spacial score (nSPS) is 22.0. The zero-order chi connectivity index (χ0) is 24.1. The maximum atomic E-state index is 13.7. The van der Waals surface area contributed by atoms with Gasteiger partial charge in [-0.05, 0) is 37.7 Å². The van der Waals surface area contributed by atoms with Crippen LogP contribution in [0.3, 0.4) is 0 Å². The van der Waals surface area contributed by atoms with E-state index >= 15 is 0 Å². The predicted octanol–water partition coefficient (Wildman–Crippen LogP) is 4.51. The molecule has 1 saturated carbocycles. The Bertz CT molecular complexity index is 1300. The summed E-state index contributed by atoms with van der Waals surface area (Å²) >= 11 is 2.80. The van der Waals surface area contributed by atoms with Crippen molar-refractivity contribution in [2.45, 2.75) is 26.3 Å². The maximum absolute atomic E-state index is 13.7. The minimum absolute atomic E-state index is 0.0731. The standard InChI is InChI=1S/C25H25N3O5S2/c1-13-4-3-5-15(8-13)22-20(27-14(2)35-22)23(29)28-11-16-9-17(16)18(28)10-26-25(30)33-24-21-19(12-34-24)31-6-7-32-21/h3-5,8,12,16-18H,6-7,9-11H2,1-2H3,(H,26,30)/t16-,17-,18+/m0/s1. The van der Waals surface area contributed by atoms with Crippen LogP contribution in [0.15, 0.2) is 29.6 Å². The van der Waals surface area contributed by atoms with Crippen LogP contribution in [0.2, 0.25) is 0 Å². The number of hydrogen-bond acceptors (Lipinski definition) is 8. The van der Waals surface area contributed by atoms with Gasteiger partial charge in [0.15, 0.2) is 5.75 Å². The van der Waals surface area contributed by atoms with Crippen molar-refractivity contribution in [1.29, 1.82) is 0 Å². The van der Waals surface area contributed by atoms with E-state index < -0.39 is 6.09 Å².